The molecule has 1 fully saturated rings. The summed E-state index contributed by atoms with van der Waals surface area (Å²) in [4.78, 5) is 0. The molecule has 0 amide bonds. The maximum atomic E-state index is 2.34. The first-order valence-corrected chi connectivity index (χ1v) is 9.84. The summed E-state index contributed by atoms with van der Waals surface area (Å²) >= 11 is 0. The lowest BCUT2D eigenvalue weighted by Gasteiger charge is -2.27. The molecule has 0 nitrogen and oxygen atoms in total. The Hall–Kier alpha value is -1.43. The fraction of sp³-hybridized carbons (Fsp3) is 0.143. The maximum absolute atomic E-state index is 2.34. The fourth-order valence-electron chi connectivity index (χ4n) is 3.53. The number of hydrogen-bond acceptors (Lipinski definition) is 0. The molecule has 0 atom stereocenters. The molecule has 1 aliphatic rings. The molecule has 0 bridgehead atoms. The Morgan fingerprint density at radius 3 is 1.09 bits per heavy atom. The van der Waals surface area contributed by atoms with Gasteiger partial charge < -0.3 is 0 Å². The zero-order valence-corrected chi connectivity index (χ0v) is 15.6. The zero-order valence-electron chi connectivity index (χ0n) is 13.0. The first-order chi connectivity index (χ1) is 10.9. The van der Waals surface area contributed by atoms with Crippen LogP contribution in [0.1, 0.15) is 12.8 Å². The molecule has 0 saturated heterocycles. The van der Waals surface area contributed by atoms with E-state index in [0.29, 0.717) is 0 Å². The Kier molecular flexibility index (Phi) is 4.99. The summed E-state index contributed by atoms with van der Waals surface area (Å²) < 4.78 is 0. The predicted octanol–water partition coefficient (Wildman–Crippen LogP) is 4.72. The first kappa shape index (κ1) is 16.4. The molecular formula is C21H21BrP+. The number of hydrogen-bond donors (Lipinski definition) is 0. The maximum Gasteiger partial charge on any atom is 0.115 e. The standard InChI is InChI=1S/C21H20P.BrH/c1-4-10-18(11-5-1)22(21-16-17-21,19-12-6-2-7-13-19)20-14-8-3-9-15-20;/h1-15,21H,16-17H2;1H/q+1;. The topological polar surface area (TPSA) is 0 Å². The van der Waals surface area contributed by atoms with Crippen LogP contribution in [-0.2, 0) is 0 Å². The average molecular weight is 384 g/mol. The summed E-state index contributed by atoms with van der Waals surface area (Å²) in [5.74, 6) is 0. The molecule has 0 unspecified atom stereocenters. The lowest BCUT2D eigenvalue weighted by molar-refractivity contribution is 1.47. The van der Waals surface area contributed by atoms with Gasteiger partial charge in [-0.3, -0.25) is 0 Å². The quantitative estimate of drug-likeness (QED) is 0.571. The minimum atomic E-state index is -1.51. The summed E-state index contributed by atoms with van der Waals surface area (Å²) in [6, 6.07) is 33.6. The van der Waals surface area contributed by atoms with E-state index in [1.807, 2.05) is 0 Å². The van der Waals surface area contributed by atoms with Crippen LogP contribution < -0.4 is 15.9 Å². The molecule has 3 aromatic carbocycles. The second-order valence-corrected chi connectivity index (χ2v) is 9.69. The largest absolute Gasteiger partial charge is 0.115 e. The molecule has 1 saturated carbocycles. The molecular weight excluding hydrogens is 363 g/mol. The lowest BCUT2D eigenvalue weighted by Crippen LogP contribution is -2.34. The highest BCUT2D eigenvalue weighted by Crippen LogP contribution is 2.67. The molecule has 1 aliphatic carbocycles. The van der Waals surface area contributed by atoms with E-state index in [4.69, 9.17) is 0 Å². The third-order valence-electron chi connectivity index (χ3n) is 4.58. The fourth-order valence-corrected chi connectivity index (χ4v) is 8.54. The zero-order chi connectivity index (χ0) is 14.8. The molecule has 0 aliphatic heterocycles. The number of halogens is 1. The van der Waals surface area contributed by atoms with E-state index < -0.39 is 7.26 Å². The molecule has 0 spiro atoms. The van der Waals surface area contributed by atoms with Gasteiger partial charge in [0, 0.05) is 0 Å². The van der Waals surface area contributed by atoms with Gasteiger partial charge in [0.25, 0.3) is 0 Å². The van der Waals surface area contributed by atoms with Crippen molar-refractivity contribution in [3.05, 3.63) is 91.0 Å². The van der Waals surface area contributed by atoms with Gasteiger partial charge in [-0.05, 0) is 49.2 Å². The van der Waals surface area contributed by atoms with Crippen molar-refractivity contribution in [3.63, 3.8) is 0 Å². The van der Waals surface area contributed by atoms with E-state index in [2.05, 4.69) is 91.0 Å². The summed E-state index contributed by atoms with van der Waals surface area (Å²) in [7, 11) is -1.51. The number of rotatable bonds is 4. The smallest absolute Gasteiger partial charge is 0.114 e. The van der Waals surface area contributed by atoms with Crippen molar-refractivity contribution in [3.8, 4) is 0 Å². The summed E-state index contributed by atoms with van der Waals surface area (Å²) in [6.45, 7) is 0. The van der Waals surface area contributed by atoms with Crippen molar-refractivity contribution < 1.29 is 0 Å². The van der Waals surface area contributed by atoms with Crippen LogP contribution in [-0.4, -0.2) is 5.66 Å². The Morgan fingerprint density at radius 2 is 0.826 bits per heavy atom. The van der Waals surface area contributed by atoms with Crippen LogP contribution >= 0.6 is 24.2 Å². The Morgan fingerprint density at radius 1 is 0.522 bits per heavy atom. The summed E-state index contributed by atoms with van der Waals surface area (Å²) in [6.07, 6.45) is 2.71. The second kappa shape index (κ2) is 6.99. The normalized spacial score (nSPS) is 14.1. The van der Waals surface area contributed by atoms with E-state index in [-0.39, 0.29) is 17.0 Å². The van der Waals surface area contributed by atoms with Crippen LogP contribution in [0.25, 0.3) is 0 Å². The third-order valence-corrected chi connectivity index (χ3v) is 9.53. The minimum Gasteiger partial charge on any atom is -0.114 e. The molecule has 2 heteroatoms. The van der Waals surface area contributed by atoms with Gasteiger partial charge in [-0.25, -0.2) is 0 Å². The minimum absolute atomic E-state index is 0. The third kappa shape index (κ3) is 2.89. The van der Waals surface area contributed by atoms with Crippen LogP contribution in [0.15, 0.2) is 91.0 Å². The van der Waals surface area contributed by atoms with Crippen LogP contribution in [0.4, 0.5) is 0 Å². The van der Waals surface area contributed by atoms with Gasteiger partial charge in [-0.2, -0.15) is 0 Å². The van der Waals surface area contributed by atoms with E-state index in [1.54, 1.807) is 0 Å². The number of benzene rings is 3. The van der Waals surface area contributed by atoms with Crippen molar-refractivity contribution in [2.75, 3.05) is 0 Å². The second-order valence-electron chi connectivity index (χ2n) is 5.96. The van der Waals surface area contributed by atoms with Gasteiger partial charge in [0.15, 0.2) is 0 Å². The van der Waals surface area contributed by atoms with Gasteiger partial charge >= 0.3 is 0 Å². The molecule has 116 valence electrons. The first-order valence-electron chi connectivity index (χ1n) is 7.98. The Labute approximate surface area is 149 Å². The predicted molar refractivity (Wildman–Crippen MR) is 108 cm³/mol. The molecule has 23 heavy (non-hydrogen) atoms. The van der Waals surface area contributed by atoms with Crippen LogP contribution in [0.5, 0.6) is 0 Å². The molecule has 0 radical (unpaired) electrons. The average Bonchev–Trinajstić information content (AvgIpc) is 3.44. The van der Waals surface area contributed by atoms with Gasteiger partial charge in [0.2, 0.25) is 0 Å². The summed E-state index contributed by atoms with van der Waals surface area (Å²) in [5, 5.41) is 4.57. The highest BCUT2D eigenvalue weighted by atomic mass is 79.9. The van der Waals surface area contributed by atoms with Crippen molar-refractivity contribution in [1.82, 2.24) is 0 Å². The van der Waals surface area contributed by atoms with Crippen molar-refractivity contribution in [2.45, 2.75) is 18.5 Å². The Balaban J connectivity index is 0.00000156. The highest BCUT2D eigenvalue weighted by molar-refractivity contribution is 8.93. The van der Waals surface area contributed by atoms with E-state index in [0.717, 1.165) is 5.66 Å². The van der Waals surface area contributed by atoms with Crippen LogP contribution in [0.3, 0.4) is 0 Å². The summed E-state index contributed by atoms with van der Waals surface area (Å²) in [5.41, 5.74) is 0.805. The van der Waals surface area contributed by atoms with Gasteiger partial charge in [0.05, 0.1) is 5.66 Å². The monoisotopic (exact) mass is 383 g/mol. The van der Waals surface area contributed by atoms with Crippen molar-refractivity contribution >= 4 is 40.2 Å². The SMILES string of the molecule is Br.c1ccc([P+](c2ccccc2)(c2ccccc2)C2CC2)cc1. The highest BCUT2D eigenvalue weighted by Gasteiger charge is 2.57. The molecule has 0 N–H and O–H groups in total. The van der Waals surface area contributed by atoms with Gasteiger partial charge in [0.1, 0.15) is 23.2 Å². The van der Waals surface area contributed by atoms with E-state index >= 15 is 0 Å². The lowest BCUT2D eigenvalue weighted by atomic mass is 10.4. The van der Waals surface area contributed by atoms with Crippen molar-refractivity contribution in [2.24, 2.45) is 0 Å². The molecule has 3 aromatic rings. The molecule has 0 aromatic heterocycles. The van der Waals surface area contributed by atoms with Crippen molar-refractivity contribution in [1.29, 1.82) is 0 Å². The Bertz CT molecular complexity index is 640. The van der Waals surface area contributed by atoms with Crippen LogP contribution in [0, 0.1) is 0 Å². The van der Waals surface area contributed by atoms with Crippen LogP contribution in [0.2, 0.25) is 0 Å². The van der Waals surface area contributed by atoms with E-state index in [9.17, 15) is 0 Å². The molecule has 4 rings (SSSR count). The van der Waals surface area contributed by atoms with Gasteiger partial charge in [-0.1, -0.05) is 54.6 Å². The van der Waals surface area contributed by atoms with Gasteiger partial charge in [-0.15, -0.1) is 17.0 Å². The molecule has 0 heterocycles. The van der Waals surface area contributed by atoms with E-state index in [1.165, 1.54) is 28.8 Å².